The maximum atomic E-state index is 12.5. The van der Waals surface area contributed by atoms with Crippen LogP contribution in [0, 0.1) is 16.0 Å². The zero-order valence-electron chi connectivity index (χ0n) is 12.5. The molecule has 1 rings (SSSR count). The van der Waals surface area contributed by atoms with E-state index in [0.29, 0.717) is 0 Å². The molecular formula is C13H18N2O6S. The van der Waals surface area contributed by atoms with Crippen molar-refractivity contribution in [3.8, 4) is 0 Å². The summed E-state index contributed by atoms with van der Waals surface area (Å²) in [5, 5.41) is 19.5. The molecule has 1 N–H and O–H groups in total. The summed E-state index contributed by atoms with van der Waals surface area (Å²) in [7, 11) is -2.61. The molecule has 1 aromatic carbocycles. The van der Waals surface area contributed by atoms with Crippen molar-refractivity contribution in [1.82, 2.24) is 4.31 Å². The highest BCUT2D eigenvalue weighted by Crippen LogP contribution is 2.24. The highest BCUT2D eigenvalue weighted by atomic mass is 32.2. The lowest BCUT2D eigenvalue weighted by atomic mass is 10.0. The Kier molecular flexibility index (Phi) is 5.61. The van der Waals surface area contributed by atoms with E-state index in [9.17, 15) is 23.3 Å². The molecule has 22 heavy (non-hydrogen) atoms. The molecule has 0 aliphatic rings. The van der Waals surface area contributed by atoms with Gasteiger partial charge in [-0.15, -0.1) is 0 Å². The summed E-state index contributed by atoms with van der Waals surface area (Å²) < 4.78 is 26.0. The van der Waals surface area contributed by atoms with Gasteiger partial charge in [-0.1, -0.05) is 13.8 Å². The van der Waals surface area contributed by atoms with Crippen molar-refractivity contribution in [2.24, 2.45) is 5.92 Å². The van der Waals surface area contributed by atoms with Crippen LogP contribution in [0.25, 0.3) is 0 Å². The number of nitrogens with zero attached hydrogens (tertiary/aromatic N) is 2. The Labute approximate surface area is 128 Å². The fourth-order valence-corrected chi connectivity index (χ4v) is 3.53. The van der Waals surface area contributed by atoms with Crippen molar-refractivity contribution < 1.29 is 23.2 Å². The second-order valence-corrected chi connectivity index (χ2v) is 7.18. The van der Waals surface area contributed by atoms with E-state index in [4.69, 9.17) is 5.11 Å². The average molecular weight is 330 g/mol. The Bertz CT molecular complexity index is 654. The third-order valence-corrected chi connectivity index (χ3v) is 5.24. The van der Waals surface area contributed by atoms with Gasteiger partial charge in [0.25, 0.3) is 5.69 Å². The van der Waals surface area contributed by atoms with E-state index in [2.05, 4.69) is 0 Å². The van der Waals surface area contributed by atoms with Gasteiger partial charge < -0.3 is 5.11 Å². The first-order valence-electron chi connectivity index (χ1n) is 6.51. The van der Waals surface area contributed by atoms with Crippen molar-refractivity contribution >= 4 is 21.7 Å². The molecule has 0 unspecified atom stereocenters. The van der Waals surface area contributed by atoms with Crippen LogP contribution in [-0.2, 0) is 14.8 Å². The number of nitro benzene ring substituents is 1. The number of non-ortho nitro benzene ring substituents is 1. The standard InChI is InChI=1S/C13H18N2O6S/c1-9(2)12(8-13(16)17)14(3)22(20,21)11-6-4-10(5-7-11)15(18)19/h4-7,9,12H,8H2,1-3H3,(H,16,17)/t12-/m1/s1. The molecule has 122 valence electrons. The molecule has 8 nitrogen and oxygen atoms in total. The van der Waals surface area contributed by atoms with Gasteiger partial charge in [0.1, 0.15) is 0 Å². The minimum Gasteiger partial charge on any atom is -0.481 e. The number of carboxylic acids is 1. The molecule has 0 bridgehead atoms. The first-order valence-corrected chi connectivity index (χ1v) is 7.95. The zero-order chi connectivity index (χ0) is 17.1. The minimum atomic E-state index is -3.92. The van der Waals surface area contributed by atoms with Gasteiger partial charge in [-0.05, 0) is 18.1 Å². The van der Waals surface area contributed by atoms with E-state index < -0.39 is 27.0 Å². The summed E-state index contributed by atoms with van der Waals surface area (Å²) in [6.45, 7) is 3.46. The monoisotopic (exact) mass is 330 g/mol. The number of carboxylic acid groups (broad SMARTS) is 1. The molecule has 0 aliphatic carbocycles. The van der Waals surface area contributed by atoms with Crippen molar-refractivity contribution in [1.29, 1.82) is 0 Å². The van der Waals surface area contributed by atoms with E-state index in [1.807, 2.05) is 0 Å². The van der Waals surface area contributed by atoms with Gasteiger partial charge in [-0.25, -0.2) is 8.42 Å². The second kappa shape index (κ2) is 6.84. The summed E-state index contributed by atoms with van der Waals surface area (Å²) >= 11 is 0. The van der Waals surface area contributed by atoms with Crippen LogP contribution < -0.4 is 0 Å². The molecular weight excluding hydrogens is 312 g/mol. The molecule has 0 spiro atoms. The molecule has 0 saturated heterocycles. The number of aliphatic carboxylic acids is 1. The average Bonchev–Trinajstić information content (AvgIpc) is 2.43. The maximum Gasteiger partial charge on any atom is 0.304 e. The van der Waals surface area contributed by atoms with E-state index >= 15 is 0 Å². The van der Waals surface area contributed by atoms with Gasteiger partial charge in [0.2, 0.25) is 10.0 Å². The van der Waals surface area contributed by atoms with Crippen LogP contribution in [0.3, 0.4) is 0 Å². The topological polar surface area (TPSA) is 118 Å². The predicted octanol–water partition coefficient (Wildman–Crippen LogP) is 1.71. The summed E-state index contributed by atoms with van der Waals surface area (Å²) in [5.41, 5.74) is -0.215. The molecule has 0 radical (unpaired) electrons. The van der Waals surface area contributed by atoms with Gasteiger partial charge in [0, 0.05) is 25.2 Å². The number of nitro groups is 1. The Morgan fingerprint density at radius 1 is 1.32 bits per heavy atom. The first kappa shape index (κ1) is 18.1. The van der Waals surface area contributed by atoms with Crippen molar-refractivity contribution in [2.75, 3.05) is 7.05 Å². The number of sulfonamides is 1. The van der Waals surface area contributed by atoms with Crippen molar-refractivity contribution in [2.45, 2.75) is 31.2 Å². The van der Waals surface area contributed by atoms with Gasteiger partial charge >= 0.3 is 5.97 Å². The van der Waals surface area contributed by atoms with Crippen LogP contribution in [0.1, 0.15) is 20.3 Å². The van der Waals surface area contributed by atoms with E-state index in [-0.39, 0.29) is 22.9 Å². The highest BCUT2D eigenvalue weighted by Gasteiger charge is 2.31. The lowest BCUT2D eigenvalue weighted by Crippen LogP contribution is -2.41. The normalized spacial score (nSPS) is 13.3. The Hall–Kier alpha value is -2.00. The molecule has 0 heterocycles. The Morgan fingerprint density at radius 3 is 2.18 bits per heavy atom. The second-order valence-electron chi connectivity index (χ2n) is 5.18. The molecule has 0 fully saturated rings. The number of carbonyl (C=O) groups is 1. The van der Waals surface area contributed by atoms with E-state index in [0.717, 1.165) is 28.6 Å². The predicted molar refractivity (Wildman–Crippen MR) is 78.9 cm³/mol. The minimum absolute atomic E-state index is 0.114. The van der Waals surface area contributed by atoms with E-state index in [1.54, 1.807) is 13.8 Å². The lowest BCUT2D eigenvalue weighted by molar-refractivity contribution is -0.384. The fraction of sp³-hybridized carbons (Fsp3) is 0.462. The van der Waals surface area contributed by atoms with Crippen molar-refractivity contribution in [3.05, 3.63) is 34.4 Å². The van der Waals surface area contributed by atoms with Crippen LogP contribution in [0.5, 0.6) is 0 Å². The molecule has 1 aromatic rings. The fourth-order valence-electron chi connectivity index (χ4n) is 2.05. The number of rotatable bonds is 7. The third kappa shape index (κ3) is 4.01. The number of hydrogen-bond donors (Lipinski definition) is 1. The van der Waals surface area contributed by atoms with Gasteiger partial charge in [-0.2, -0.15) is 4.31 Å². The molecule has 9 heteroatoms. The van der Waals surface area contributed by atoms with Gasteiger partial charge in [0.05, 0.1) is 16.2 Å². The number of benzene rings is 1. The smallest absolute Gasteiger partial charge is 0.304 e. The summed E-state index contributed by atoms with van der Waals surface area (Å²) in [6, 6.07) is 3.77. The third-order valence-electron chi connectivity index (χ3n) is 3.34. The summed E-state index contributed by atoms with van der Waals surface area (Å²) in [5.74, 6) is -1.29. The summed E-state index contributed by atoms with van der Waals surface area (Å²) in [4.78, 5) is 20.8. The van der Waals surface area contributed by atoms with Gasteiger partial charge in [-0.3, -0.25) is 14.9 Å². The van der Waals surface area contributed by atoms with Crippen LogP contribution in [0.15, 0.2) is 29.2 Å². The Morgan fingerprint density at radius 2 is 1.82 bits per heavy atom. The largest absolute Gasteiger partial charge is 0.481 e. The SMILES string of the molecule is CC(C)[C@@H](CC(=O)O)N(C)S(=O)(=O)c1ccc([N+](=O)[O-])cc1. The zero-order valence-corrected chi connectivity index (χ0v) is 13.3. The quantitative estimate of drug-likeness (QED) is 0.600. The molecule has 1 atom stereocenters. The molecule has 0 saturated carbocycles. The van der Waals surface area contributed by atoms with Crippen LogP contribution in [0.2, 0.25) is 0 Å². The molecule has 0 aromatic heterocycles. The molecule has 0 amide bonds. The Balaban J connectivity index is 3.15. The van der Waals surface area contributed by atoms with Crippen molar-refractivity contribution in [3.63, 3.8) is 0 Å². The van der Waals surface area contributed by atoms with Crippen LogP contribution in [-0.4, -0.2) is 41.8 Å². The highest BCUT2D eigenvalue weighted by molar-refractivity contribution is 7.89. The van der Waals surface area contributed by atoms with E-state index in [1.165, 1.54) is 7.05 Å². The molecule has 0 aliphatic heterocycles. The summed E-state index contributed by atoms with van der Waals surface area (Å²) in [6.07, 6.45) is -0.319. The first-order chi connectivity index (χ1) is 10.1. The van der Waals surface area contributed by atoms with Crippen LogP contribution in [0.4, 0.5) is 5.69 Å². The number of hydrogen-bond acceptors (Lipinski definition) is 5. The maximum absolute atomic E-state index is 12.5. The lowest BCUT2D eigenvalue weighted by Gasteiger charge is -2.29. The van der Waals surface area contributed by atoms with Gasteiger partial charge in [0.15, 0.2) is 0 Å². The van der Waals surface area contributed by atoms with Crippen LogP contribution >= 0.6 is 0 Å².